The second-order valence-corrected chi connectivity index (χ2v) is 5.53. The zero-order chi connectivity index (χ0) is 14.7. The minimum Gasteiger partial charge on any atom is -0.496 e. The van der Waals surface area contributed by atoms with Crippen molar-refractivity contribution in [2.75, 3.05) is 7.11 Å². The first-order valence-corrected chi connectivity index (χ1v) is 7.71. The Morgan fingerprint density at radius 3 is 2.45 bits per heavy atom. The Morgan fingerprint density at radius 2 is 1.90 bits per heavy atom. The van der Waals surface area contributed by atoms with E-state index in [0.717, 1.165) is 5.56 Å². The van der Waals surface area contributed by atoms with Gasteiger partial charge in [0.05, 0.1) is 7.11 Å². The number of methoxy groups -OCH3 is 1. The van der Waals surface area contributed by atoms with Gasteiger partial charge in [0.15, 0.2) is 5.78 Å². The summed E-state index contributed by atoms with van der Waals surface area (Å²) in [6.45, 7) is 0. The van der Waals surface area contributed by atoms with E-state index in [4.69, 9.17) is 4.74 Å². The maximum atomic E-state index is 12.9. The van der Waals surface area contributed by atoms with Crippen LogP contribution in [0.3, 0.4) is 0 Å². The average Bonchev–Trinajstić information content (AvgIpc) is 2.47. The molecule has 0 aliphatic heterocycles. The summed E-state index contributed by atoms with van der Waals surface area (Å²) in [6, 6.07) is 9.00. The van der Waals surface area contributed by atoms with Crippen molar-refractivity contribution in [1.82, 2.24) is 0 Å². The molecule has 0 fully saturated rings. The molecule has 0 saturated carbocycles. The van der Waals surface area contributed by atoms with Gasteiger partial charge in [-0.1, -0.05) is 31.9 Å². The number of hydrogen-bond acceptors (Lipinski definition) is 2. The molecule has 2 aromatic carbocycles. The van der Waals surface area contributed by atoms with Crippen molar-refractivity contribution in [2.24, 2.45) is 0 Å². The molecule has 0 bridgehead atoms. The third-order valence-electron chi connectivity index (χ3n) is 2.87. The summed E-state index contributed by atoms with van der Waals surface area (Å²) in [5, 5.41) is 0.625. The molecule has 0 spiro atoms. The quantitative estimate of drug-likeness (QED) is 0.547. The molecule has 2 nitrogen and oxygen atoms in total. The van der Waals surface area contributed by atoms with E-state index in [-0.39, 0.29) is 11.6 Å². The predicted molar refractivity (Wildman–Crippen MR) is 83.2 cm³/mol. The van der Waals surface area contributed by atoms with Crippen LogP contribution >= 0.6 is 31.9 Å². The third-order valence-corrected chi connectivity index (χ3v) is 4.13. The van der Waals surface area contributed by atoms with Crippen LogP contribution in [0.4, 0.5) is 4.39 Å². The molecule has 0 aliphatic rings. The van der Waals surface area contributed by atoms with Gasteiger partial charge in [-0.3, -0.25) is 4.79 Å². The van der Waals surface area contributed by atoms with Crippen LogP contribution in [0.2, 0.25) is 0 Å². The van der Waals surface area contributed by atoms with Gasteiger partial charge in [0, 0.05) is 26.5 Å². The fourth-order valence-corrected chi connectivity index (χ4v) is 2.83. The molecule has 2 rings (SSSR count). The lowest BCUT2D eigenvalue weighted by molar-refractivity contribution is 0.103. The van der Waals surface area contributed by atoms with E-state index in [1.165, 1.54) is 24.3 Å². The van der Waals surface area contributed by atoms with E-state index >= 15 is 0 Å². The van der Waals surface area contributed by atoms with E-state index in [1.807, 2.05) is 6.07 Å². The number of carbonyl (C=O) groups is 1. The van der Waals surface area contributed by atoms with Gasteiger partial charge in [-0.05, 0) is 36.4 Å². The number of benzene rings is 2. The van der Waals surface area contributed by atoms with Crippen molar-refractivity contribution >= 4 is 37.6 Å². The highest BCUT2D eigenvalue weighted by Crippen LogP contribution is 2.30. The number of halogens is 3. The van der Waals surface area contributed by atoms with Crippen LogP contribution in [0.15, 0.2) is 40.9 Å². The molecule has 0 N–H and O–H groups in total. The van der Waals surface area contributed by atoms with Gasteiger partial charge in [-0.25, -0.2) is 4.39 Å². The van der Waals surface area contributed by atoms with Gasteiger partial charge < -0.3 is 4.74 Å². The molecule has 0 heterocycles. The molecule has 0 unspecified atom stereocenters. The van der Waals surface area contributed by atoms with Crippen molar-refractivity contribution < 1.29 is 13.9 Å². The average molecular weight is 402 g/mol. The Morgan fingerprint density at radius 1 is 1.25 bits per heavy atom. The van der Waals surface area contributed by atoms with Crippen LogP contribution in [0.25, 0.3) is 0 Å². The molecule has 0 aliphatic carbocycles. The normalized spacial score (nSPS) is 10.4. The van der Waals surface area contributed by atoms with Crippen molar-refractivity contribution in [2.45, 2.75) is 5.33 Å². The fraction of sp³-hybridized carbons (Fsp3) is 0.133. The van der Waals surface area contributed by atoms with Gasteiger partial charge in [-0.2, -0.15) is 0 Å². The highest BCUT2D eigenvalue weighted by molar-refractivity contribution is 9.10. The molecule has 104 valence electrons. The van der Waals surface area contributed by atoms with E-state index < -0.39 is 0 Å². The van der Waals surface area contributed by atoms with E-state index in [2.05, 4.69) is 31.9 Å². The maximum absolute atomic E-state index is 12.9. The van der Waals surface area contributed by atoms with E-state index in [0.29, 0.717) is 26.7 Å². The summed E-state index contributed by atoms with van der Waals surface area (Å²) < 4.78 is 18.9. The molecule has 0 radical (unpaired) electrons. The van der Waals surface area contributed by atoms with Gasteiger partial charge in [0.25, 0.3) is 0 Å². The minimum absolute atomic E-state index is 0.184. The summed E-state index contributed by atoms with van der Waals surface area (Å²) in [5.74, 6) is 0.0830. The maximum Gasteiger partial charge on any atom is 0.194 e. The van der Waals surface area contributed by atoms with E-state index in [9.17, 15) is 9.18 Å². The fourth-order valence-electron chi connectivity index (χ4n) is 1.82. The Balaban J connectivity index is 2.46. The van der Waals surface area contributed by atoms with Crippen molar-refractivity contribution in [3.8, 4) is 5.75 Å². The highest BCUT2D eigenvalue weighted by Gasteiger charge is 2.16. The zero-order valence-electron chi connectivity index (χ0n) is 10.6. The Kier molecular flexibility index (Phi) is 4.94. The van der Waals surface area contributed by atoms with Crippen LogP contribution in [-0.4, -0.2) is 12.9 Å². The number of carbonyl (C=O) groups excluding carboxylic acids is 1. The SMILES string of the molecule is COc1cc(C(=O)c2ccc(F)cc2)c(Br)cc1CBr. The van der Waals surface area contributed by atoms with Crippen molar-refractivity contribution in [3.05, 3.63) is 63.4 Å². The smallest absolute Gasteiger partial charge is 0.194 e. The number of rotatable bonds is 4. The van der Waals surface area contributed by atoms with Crippen LogP contribution in [0.5, 0.6) is 5.75 Å². The standard InChI is InChI=1S/C15H11Br2FO2/c1-20-14-7-12(13(17)6-10(14)8-16)15(19)9-2-4-11(18)5-3-9/h2-7H,8H2,1H3. The van der Waals surface area contributed by atoms with Gasteiger partial charge in [0.1, 0.15) is 11.6 Å². The van der Waals surface area contributed by atoms with Crippen molar-refractivity contribution in [1.29, 1.82) is 0 Å². The first-order chi connectivity index (χ1) is 9.56. The highest BCUT2D eigenvalue weighted by atomic mass is 79.9. The number of ether oxygens (including phenoxy) is 1. The molecular formula is C15H11Br2FO2. The summed E-state index contributed by atoms with van der Waals surface area (Å²) in [4.78, 5) is 12.4. The lowest BCUT2D eigenvalue weighted by atomic mass is 10.0. The lowest BCUT2D eigenvalue weighted by Gasteiger charge is -2.11. The molecule has 5 heteroatoms. The van der Waals surface area contributed by atoms with Gasteiger partial charge in [0.2, 0.25) is 0 Å². The van der Waals surface area contributed by atoms with Crippen LogP contribution in [-0.2, 0) is 5.33 Å². The topological polar surface area (TPSA) is 26.3 Å². The molecular weight excluding hydrogens is 391 g/mol. The van der Waals surface area contributed by atoms with Crippen LogP contribution in [0, 0.1) is 5.82 Å². The first-order valence-electron chi connectivity index (χ1n) is 5.79. The molecule has 20 heavy (non-hydrogen) atoms. The lowest BCUT2D eigenvalue weighted by Crippen LogP contribution is -2.04. The summed E-state index contributed by atoms with van der Waals surface area (Å²) >= 11 is 6.76. The number of ketones is 1. The Hall–Kier alpha value is -1.20. The van der Waals surface area contributed by atoms with Crippen molar-refractivity contribution in [3.63, 3.8) is 0 Å². The number of hydrogen-bond donors (Lipinski definition) is 0. The van der Waals surface area contributed by atoms with Gasteiger partial charge >= 0.3 is 0 Å². The van der Waals surface area contributed by atoms with Crippen LogP contribution < -0.4 is 4.74 Å². The largest absolute Gasteiger partial charge is 0.496 e. The molecule has 2 aromatic rings. The molecule has 0 saturated heterocycles. The monoisotopic (exact) mass is 400 g/mol. The number of alkyl halides is 1. The predicted octanol–water partition coefficient (Wildman–Crippen LogP) is 4.72. The van der Waals surface area contributed by atoms with E-state index in [1.54, 1.807) is 13.2 Å². The Bertz CT molecular complexity index is 639. The second kappa shape index (κ2) is 6.50. The Labute approximate surface area is 133 Å². The first kappa shape index (κ1) is 15.2. The molecule has 0 aromatic heterocycles. The molecule has 0 atom stereocenters. The third kappa shape index (κ3) is 3.10. The zero-order valence-corrected chi connectivity index (χ0v) is 13.8. The summed E-state index contributed by atoms with van der Waals surface area (Å²) in [5.41, 5.74) is 1.86. The summed E-state index contributed by atoms with van der Waals surface area (Å²) in [6.07, 6.45) is 0. The molecule has 0 amide bonds. The minimum atomic E-state index is -0.368. The second-order valence-electron chi connectivity index (χ2n) is 4.11. The van der Waals surface area contributed by atoms with Gasteiger partial charge in [-0.15, -0.1) is 0 Å². The summed E-state index contributed by atoms with van der Waals surface area (Å²) in [7, 11) is 1.56. The van der Waals surface area contributed by atoms with Crippen LogP contribution in [0.1, 0.15) is 21.5 Å².